The molecule has 3 N–H and O–H groups in total. The molecule has 0 aliphatic carbocycles. The SMILES string of the molecule is c1ccc(C2NC(c3ccccc3)NC(c3cccc(-c4cccc(-n5c6ccccc6c6ccc7c(c65)Oc5cc6ccccc6cc5O7)c4)c3)N2)cc1. The summed E-state index contributed by atoms with van der Waals surface area (Å²) in [7, 11) is 0. The second-order valence-corrected chi connectivity index (χ2v) is 14.3. The normalized spacial score (nSPS) is 17.7. The van der Waals surface area contributed by atoms with E-state index in [1.165, 1.54) is 11.1 Å². The van der Waals surface area contributed by atoms with Gasteiger partial charge in [0.15, 0.2) is 23.0 Å². The molecule has 2 aliphatic rings. The molecule has 55 heavy (non-hydrogen) atoms. The monoisotopic (exact) mass is 712 g/mol. The molecule has 2 atom stereocenters. The van der Waals surface area contributed by atoms with Gasteiger partial charge in [-0.3, -0.25) is 16.0 Å². The molecule has 1 aromatic heterocycles. The van der Waals surface area contributed by atoms with Gasteiger partial charge in [-0.2, -0.15) is 0 Å². The largest absolute Gasteiger partial charge is 0.449 e. The van der Waals surface area contributed by atoms with Crippen LogP contribution in [0.2, 0.25) is 0 Å². The molecule has 1 saturated heterocycles. The molecule has 2 unspecified atom stereocenters. The number of benzene rings is 8. The third-order valence-electron chi connectivity index (χ3n) is 10.9. The molecule has 0 amide bonds. The fraction of sp³-hybridized carbons (Fsp3) is 0.0612. The standard InChI is InChI=1S/C49H36N4O2/c1-3-13-31(14-4-1)47-50-48(32-15-5-2-6-16-32)52-49(51-47)37-21-11-19-33(27-37)34-20-12-22-38(28-34)53-41-24-10-9-23-39(41)40-25-26-42-46(45(40)53)55-44-30-36-18-8-7-17-35(36)29-43(44)54-42/h1-30,47-52H. The predicted octanol–water partition coefficient (Wildman–Crippen LogP) is 11.7. The lowest BCUT2D eigenvalue weighted by Crippen LogP contribution is -2.54. The minimum atomic E-state index is -0.0965. The Morgan fingerprint density at radius 1 is 0.400 bits per heavy atom. The van der Waals surface area contributed by atoms with Crippen LogP contribution in [-0.4, -0.2) is 4.57 Å². The first-order valence-corrected chi connectivity index (χ1v) is 18.8. The lowest BCUT2D eigenvalue weighted by molar-refractivity contribution is 0.203. The number of hydrogen-bond acceptors (Lipinski definition) is 5. The van der Waals surface area contributed by atoms with Crippen molar-refractivity contribution in [3.05, 3.63) is 199 Å². The Hall–Kier alpha value is -6.70. The van der Waals surface area contributed by atoms with E-state index in [4.69, 9.17) is 9.47 Å². The second kappa shape index (κ2) is 13.0. The second-order valence-electron chi connectivity index (χ2n) is 14.3. The molecule has 0 spiro atoms. The molecule has 9 aromatic rings. The summed E-state index contributed by atoms with van der Waals surface area (Å²) in [5.74, 6) is 2.85. The van der Waals surface area contributed by atoms with Crippen LogP contribution in [0.1, 0.15) is 35.2 Å². The Morgan fingerprint density at radius 2 is 0.964 bits per heavy atom. The quantitative estimate of drug-likeness (QED) is 0.166. The molecule has 11 rings (SSSR count). The van der Waals surface area contributed by atoms with Gasteiger partial charge in [-0.25, -0.2) is 0 Å². The molecule has 2 aliphatic heterocycles. The topological polar surface area (TPSA) is 59.5 Å². The number of aromatic nitrogens is 1. The van der Waals surface area contributed by atoms with Crippen LogP contribution in [0.5, 0.6) is 23.0 Å². The molecular formula is C49H36N4O2. The first kappa shape index (κ1) is 31.8. The van der Waals surface area contributed by atoms with Crippen molar-refractivity contribution in [2.24, 2.45) is 0 Å². The lowest BCUT2D eigenvalue weighted by atomic mass is 9.99. The summed E-state index contributed by atoms with van der Waals surface area (Å²) in [6, 6.07) is 63.9. The van der Waals surface area contributed by atoms with Crippen LogP contribution in [0.4, 0.5) is 0 Å². The van der Waals surface area contributed by atoms with Gasteiger partial charge in [-0.05, 0) is 87.1 Å². The number of rotatable bonds is 5. The molecule has 6 heteroatoms. The molecule has 1 fully saturated rings. The van der Waals surface area contributed by atoms with Crippen molar-refractivity contribution in [1.29, 1.82) is 0 Å². The van der Waals surface area contributed by atoms with Gasteiger partial charge in [0.05, 0.1) is 24.0 Å². The van der Waals surface area contributed by atoms with Crippen LogP contribution in [0, 0.1) is 0 Å². The molecule has 8 aromatic carbocycles. The molecule has 0 radical (unpaired) electrons. The van der Waals surface area contributed by atoms with Crippen LogP contribution in [0.25, 0.3) is 49.4 Å². The van der Waals surface area contributed by atoms with Crippen LogP contribution < -0.4 is 25.4 Å². The average molecular weight is 713 g/mol. The van der Waals surface area contributed by atoms with Gasteiger partial charge in [0, 0.05) is 16.5 Å². The van der Waals surface area contributed by atoms with Crippen LogP contribution >= 0.6 is 0 Å². The first-order valence-electron chi connectivity index (χ1n) is 18.8. The van der Waals surface area contributed by atoms with E-state index in [1.807, 2.05) is 18.2 Å². The molecule has 6 nitrogen and oxygen atoms in total. The Balaban J connectivity index is 0.995. The lowest BCUT2D eigenvalue weighted by Gasteiger charge is -2.39. The summed E-state index contributed by atoms with van der Waals surface area (Å²) in [6.07, 6.45) is -0.175. The predicted molar refractivity (Wildman–Crippen MR) is 221 cm³/mol. The summed E-state index contributed by atoms with van der Waals surface area (Å²) in [4.78, 5) is 0. The third kappa shape index (κ3) is 5.55. The highest BCUT2D eigenvalue weighted by Gasteiger charge is 2.30. The zero-order chi connectivity index (χ0) is 36.3. The van der Waals surface area contributed by atoms with Gasteiger partial charge in [0.1, 0.15) is 5.52 Å². The summed E-state index contributed by atoms with van der Waals surface area (Å²) >= 11 is 0. The maximum atomic E-state index is 6.80. The summed E-state index contributed by atoms with van der Waals surface area (Å²) < 4.78 is 15.7. The molecule has 0 saturated carbocycles. The van der Waals surface area contributed by atoms with E-state index in [2.05, 4.69) is 184 Å². The van der Waals surface area contributed by atoms with Crippen molar-refractivity contribution in [3.63, 3.8) is 0 Å². The van der Waals surface area contributed by atoms with E-state index in [0.717, 1.165) is 60.7 Å². The number of nitrogens with zero attached hydrogens (tertiary/aromatic N) is 1. The third-order valence-corrected chi connectivity index (χ3v) is 10.9. The average Bonchev–Trinajstić information content (AvgIpc) is 3.60. The van der Waals surface area contributed by atoms with Crippen molar-refractivity contribution < 1.29 is 9.47 Å². The molecule has 0 bridgehead atoms. The van der Waals surface area contributed by atoms with E-state index in [-0.39, 0.29) is 18.5 Å². The number of nitrogens with one attached hydrogen (secondary N) is 3. The Labute approximate surface area is 318 Å². The maximum Gasteiger partial charge on any atom is 0.194 e. The van der Waals surface area contributed by atoms with Gasteiger partial charge in [0.2, 0.25) is 0 Å². The Bertz CT molecular complexity index is 2840. The molecule has 264 valence electrons. The van der Waals surface area contributed by atoms with Crippen molar-refractivity contribution in [3.8, 4) is 39.8 Å². The van der Waals surface area contributed by atoms with Gasteiger partial charge in [-0.1, -0.05) is 133 Å². The fourth-order valence-electron chi connectivity index (χ4n) is 8.28. The zero-order valence-electron chi connectivity index (χ0n) is 29.8. The minimum Gasteiger partial charge on any atom is -0.449 e. The number of fused-ring (bicyclic) bond motifs is 7. The smallest absolute Gasteiger partial charge is 0.194 e. The van der Waals surface area contributed by atoms with E-state index in [9.17, 15) is 0 Å². The maximum absolute atomic E-state index is 6.80. The van der Waals surface area contributed by atoms with Crippen LogP contribution in [0.15, 0.2) is 182 Å². The molecular weight excluding hydrogens is 677 g/mol. The van der Waals surface area contributed by atoms with E-state index in [0.29, 0.717) is 17.2 Å². The van der Waals surface area contributed by atoms with Crippen molar-refractivity contribution in [2.45, 2.75) is 18.5 Å². The van der Waals surface area contributed by atoms with Gasteiger partial charge >= 0.3 is 0 Å². The first-order chi connectivity index (χ1) is 27.2. The Kier molecular flexibility index (Phi) is 7.52. The number of hydrogen-bond donors (Lipinski definition) is 3. The number of para-hydroxylation sites is 1. The Morgan fingerprint density at radius 3 is 1.67 bits per heavy atom. The molecule has 3 heterocycles. The summed E-state index contributed by atoms with van der Waals surface area (Å²) in [5.41, 5.74) is 8.93. The zero-order valence-corrected chi connectivity index (χ0v) is 29.8. The van der Waals surface area contributed by atoms with Crippen molar-refractivity contribution >= 4 is 32.6 Å². The minimum absolute atomic E-state index is 0.0391. The van der Waals surface area contributed by atoms with Gasteiger partial charge in [0.25, 0.3) is 0 Å². The highest BCUT2D eigenvalue weighted by atomic mass is 16.6. The summed E-state index contributed by atoms with van der Waals surface area (Å²) in [6.45, 7) is 0. The number of ether oxygens (including phenoxy) is 2. The van der Waals surface area contributed by atoms with Gasteiger partial charge in [-0.15, -0.1) is 0 Å². The summed E-state index contributed by atoms with van der Waals surface area (Å²) in [5, 5.41) is 15.9. The van der Waals surface area contributed by atoms with Crippen molar-refractivity contribution in [2.75, 3.05) is 0 Å². The van der Waals surface area contributed by atoms with E-state index < -0.39 is 0 Å². The van der Waals surface area contributed by atoms with Crippen LogP contribution in [-0.2, 0) is 0 Å². The highest BCUT2D eigenvalue weighted by Crippen LogP contribution is 2.52. The van der Waals surface area contributed by atoms with E-state index in [1.54, 1.807) is 0 Å². The van der Waals surface area contributed by atoms with Gasteiger partial charge < -0.3 is 14.0 Å². The van der Waals surface area contributed by atoms with Crippen LogP contribution in [0.3, 0.4) is 0 Å². The highest BCUT2D eigenvalue weighted by molar-refractivity contribution is 6.12. The van der Waals surface area contributed by atoms with E-state index >= 15 is 0 Å². The van der Waals surface area contributed by atoms with Crippen molar-refractivity contribution in [1.82, 2.24) is 20.5 Å². The fourth-order valence-corrected chi connectivity index (χ4v) is 8.28.